The summed E-state index contributed by atoms with van der Waals surface area (Å²) in [5.74, 6) is 0.0700. The minimum atomic E-state index is -0.522. The zero-order chi connectivity index (χ0) is 14.0. The normalized spacial score (nSPS) is 14.5. The molecule has 7 heteroatoms. The van der Waals surface area contributed by atoms with Crippen molar-refractivity contribution in [3.63, 3.8) is 0 Å². The van der Waals surface area contributed by atoms with E-state index >= 15 is 0 Å². The molecule has 0 aliphatic rings. The van der Waals surface area contributed by atoms with Crippen LogP contribution in [0.1, 0.15) is 26.7 Å². The maximum absolute atomic E-state index is 11.0. The molecule has 0 radical (unpaired) electrons. The minimum absolute atomic E-state index is 0.0700. The minimum Gasteiger partial charge on any atom is -0.304 e. The van der Waals surface area contributed by atoms with Gasteiger partial charge in [0.15, 0.2) is 0 Å². The topological polar surface area (TPSA) is 122 Å². The second kappa shape index (κ2) is 10.1. The van der Waals surface area contributed by atoms with Crippen LogP contribution in [0.5, 0.6) is 0 Å². The first-order valence-corrected chi connectivity index (χ1v) is 6.14. The number of Topliss-reactive ketones (excluding diaryl/α,β-unsaturated/α-hetero) is 1. The molecular formula is C11H25N5O2. The number of rotatable bonds is 11. The van der Waals surface area contributed by atoms with Gasteiger partial charge in [-0.15, -0.1) is 0 Å². The van der Waals surface area contributed by atoms with E-state index in [4.69, 9.17) is 11.5 Å². The molecule has 0 aromatic carbocycles. The Morgan fingerprint density at radius 1 is 1.28 bits per heavy atom. The summed E-state index contributed by atoms with van der Waals surface area (Å²) in [7, 11) is 0. The highest BCUT2D eigenvalue weighted by Gasteiger charge is 2.09. The van der Waals surface area contributed by atoms with Gasteiger partial charge in [0.25, 0.3) is 0 Å². The molecular weight excluding hydrogens is 234 g/mol. The van der Waals surface area contributed by atoms with Crippen molar-refractivity contribution in [1.82, 2.24) is 16.0 Å². The number of nitrogens with two attached hydrogens (primary N) is 2. The van der Waals surface area contributed by atoms with Gasteiger partial charge in [-0.25, -0.2) is 0 Å². The average molecular weight is 259 g/mol. The van der Waals surface area contributed by atoms with Gasteiger partial charge in [0.1, 0.15) is 18.4 Å². The second-order valence-electron chi connectivity index (χ2n) is 4.28. The Bertz CT molecular complexity index is 248. The first-order chi connectivity index (χ1) is 8.47. The van der Waals surface area contributed by atoms with E-state index in [1.54, 1.807) is 6.92 Å². The van der Waals surface area contributed by atoms with Gasteiger partial charge in [0.2, 0.25) is 0 Å². The lowest BCUT2D eigenvalue weighted by Crippen LogP contribution is -2.46. The molecule has 7 N–H and O–H groups in total. The molecule has 0 heterocycles. The summed E-state index contributed by atoms with van der Waals surface area (Å²) < 4.78 is 0. The third kappa shape index (κ3) is 9.20. The van der Waals surface area contributed by atoms with Crippen molar-refractivity contribution in [3.8, 4) is 0 Å². The van der Waals surface area contributed by atoms with Crippen molar-refractivity contribution in [1.29, 1.82) is 0 Å². The zero-order valence-corrected chi connectivity index (χ0v) is 11.1. The predicted molar refractivity (Wildman–Crippen MR) is 70.5 cm³/mol. The number of ketones is 1. The Morgan fingerprint density at radius 3 is 2.44 bits per heavy atom. The van der Waals surface area contributed by atoms with Gasteiger partial charge in [-0.3, -0.25) is 20.7 Å². The number of hydrogen-bond acceptors (Lipinski definition) is 7. The van der Waals surface area contributed by atoms with Crippen molar-refractivity contribution in [2.45, 2.75) is 45.1 Å². The number of hydrogen-bond donors (Lipinski definition) is 5. The predicted octanol–water partition coefficient (Wildman–Crippen LogP) is -1.76. The van der Waals surface area contributed by atoms with Crippen LogP contribution in [0.4, 0.5) is 0 Å². The molecule has 0 aliphatic heterocycles. The lowest BCUT2D eigenvalue weighted by molar-refractivity contribution is -0.118. The van der Waals surface area contributed by atoms with E-state index in [-0.39, 0.29) is 17.9 Å². The molecule has 0 amide bonds. The third-order valence-corrected chi connectivity index (χ3v) is 2.62. The van der Waals surface area contributed by atoms with Crippen LogP contribution >= 0.6 is 0 Å². The van der Waals surface area contributed by atoms with Gasteiger partial charge >= 0.3 is 0 Å². The molecule has 0 aliphatic carbocycles. The Kier molecular flexibility index (Phi) is 9.62. The molecule has 0 aromatic rings. The standard InChI is InChI=1S/C11H25N5O2/c1-8(9(2)18)15-7-16-10(6-17)4-3-5-14-11(12)13/h6,8,10-11,14-16H,3-5,7,12-13H2,1-2H3/t8-,10-/m0/s1. The van der Waals surface area contributed by atoms with Crippen LogP contribution < -0.4 is 27.4 Å². The van der Waals surface area contributed by atoms with Crippen LogP contribution in [0.3, 0.4) is 0 Å². The summed E-state index contributed by atoms with van der Waals surface area (Å²) in [6, 6.07) is -0.436. The Morgan fingerprint density at radius 2 is 1.94 bits per heavy atom. The molecule has 2 atom stereocenters. The maximum atomic E-state index is 11.0. The van der Waals surface area contributed by atoms with Gasteiger partial charge < -0.3 is 16.3 Å². The van der Waals surface area contributed by atoms with Gasteiger partial charge in [0.05, 0.1) is 12.1 Å². The number of aldehydes is 1. The summed E-state index contributed by atoms with van der Waals surface area (Å²) in [4.78, 5) is 21.8. The maximum Gasteiger partial charge on any atom is 0.146 e. The fourth-order valence-corrected chi connectivity index (χ4v) is 1.30. The summed E-state index contributed by atoms with van der Waals surface area (Å²) in [6.45, 7) is 4.40. The van der Waals surface area contributed by atoms with Crippen LogP contribution in [-0.4, -0.2) is 43.7 Å². The SMILES string of the molecule is CC(=O)[C@H](C)NCN[C@H](C=O)CCCNC(N)N. The Hall–Kier alpha value is -0.860. The van der Waals surface area contributed by atoms with E-state index < -0.39 is 6.29 Å². The first kappa shape index (κ1) is 17.1. The lowest BCUT2D eigenvalue weighted by Gasteiger charge is -2.16. The highest BCUT2D eigenvalue weighted by atomic mass is 16.1. The monoisotopic (exact) mass is 259 g/mol. The summed E-state index contributed by atoms with van der Waals surface area (Å²) in [5, 5.41) is 8.87. The van der Waals surface area contributed by atoms with E-state index in [0.29, 0.717) is 19.6 Å². The lowest BCUT2D eigenvalue weighted by atomic mass is 10.2. The average Bonchev–Trinajstić information content (AvgIpc) is 2.31. The van der Waals surface area contributed by atoms with Gasteiger partial charge in [-0.05, 0) is 33.2 Å². The number of carbonyl (C=O) groups excluding carboxylic acids is 2. The van der Waals surface area contributed by atoms with Gasteiger partial charge in [-0.2, -0.15) is 0 Å². The zero-order valence-electron chi connectivity index (χ0n) is 11.1. The Balaban J connectivity index is 3.64. The first-order valence-electron chi connectivity index (χ1n) is 6.14. The molecule has 0 rings (SSSR count). The van der Waals surface area contributed by atoms with E-state index in [2.05, 4.69) is 16.0 Å². The van der Waals surface area contributed by atoms with Gasteiger partial charge in [-0.1, -0.05) is 0 Å². The van der Waals surface area contributed by atoms with E-state index in [9.17, 15) is 9.59 Å². The van der Waals surface area contributed by atoms with Crippen LogP contribution in [0.25, 0.3) is 0 Å². The molecule has 0 spiro atoms. The smallest absolute Gasteiger partial charge is 0.146 e. The largest absolute Gasteiger partial charge is 0.304 e. The molecule has 18 heavy (non-hydrogen) atoms. The summed E-state index contributed by atoms with van der Waals surface area (Å²) in [6.07, 6.45) is 1.83. The molecule has 0 saturated heterocycles. The van der Waals surface area contributed by atoms with Crippen LogP contribution in [0.15, 0.2) is 0 Å². The van der Waals surface area contributed by atoms with E-state index in [0.717, 1.165) is 12.7 Å². The second-order valence-corrected chi connectivity index (χ2v) is 4.28. The van der Waals surface area contributed by atoms with Crippen molar-refractivity contribution in [2.75, 3.05) is 13.2 Å². The molecule has 0 aromatic heterocycles. The molecule has 106 valence electrons. The summed E-state index contributed by atoms with van der Waals surface area (Å²) in [5.41, 5.74) is 10.6. The van der Waals surface area contributed by atoms with Crippen molar-refractivity contribution >= 4 is 12.1 Å². The number of carbonyl (C=O) groups is 2. The fraction of sp³-hybridized carbons (Fsp3) is 0.818. The third-order valence-electron chi connectivity index (χ3n) is 2.62. The number of nitrogens with one attached hydrogen (secondary N) is 3. The van der Waals surface area contributed by atoms with Crippen molar-refractivity contribution in [2.24, 2.45) is 11.5 Å². The molecule has 0 unspecified atom stereocenters. The van der Waals surface area contributed by atoms with Crippen LogP contribution in [0, 0.1) is 0 Å². The van der Waals surface area contributed by atoms with E-state index in [1.165, 1.54) is 6.92 Å². The quantitative estimate of drug-likeness (QED) is 0.169. The molecule has 0 bridgehead atoms. The van der Waals surface area contributed by atoms with Gasteiger partial charge in [0, 0.05) is 6.67 Å². The molecule has 0 fully saturated rings. The highest BCUT2D eigenvalue weighted by molar-refractivity contribution is 5.80. The van der Waals surface area contributed by atoms with Crippen molar-refractivity contribution < 1.29 is 9.59 Å². The van der Waals surface area contributed by atoms with Crippen LogP contribution in [-0.2, 0) is 9.59 Å². The van der Waals surface area contributed by atoms with Crippen LogP contribution in [0.2, 0.25) is 0 Å². The van der Waals surface area contributed by atoms with Crippen molar-refractivity contribution in [3.05, 3.63) is 0 Å². The summed E-state index contributed by atoms with van der Waals surface area (Å²) >= 11 is 0. The highest BCUT2D eigenvalue weighted by Crippen LogP contribution is 1.93. The fourth-order valence-electron chi connectivity index (χ4n) is 1.30. The molecule has 7 nitrogen and oxygen atoms in total. The Labute approximate surface area is 108 Å². The van der Waals surface area contributed by atoms with E-state index in [1.807, 2.05) is 0 Å². The molecule has 0 saturated carbocycles.